The zero-order valence-corrected chi connectivity index (χ0v) is 9.01. The summed E-state index contributed by atoms with van der Waals surface area (Å²) in [6, 6.07) is 0. The number of primary amides is 2. The Balaban J connectivity index is 4.22. The quantitative estimate of drug-likeness (QED) is 0.640. The molecule has 0 heterocycles. The Kier molecular flexibility index (Phi) is 5.20. The number of hydrogen-bond acceptors (Lipinski definition) is 2. The van der Waals surface area contributed by atoms with Crippen molar-refractivity contribution in [2.45, 2.75) is 46.0 Å². The molecule has 0 atom stereocenters. The monoisotopic (exact) mass is 200 g/mol. The summed E-state index contributed by atoms with van der Waals surface area (Å²) in [7, 11) is 0. The van der Waals surface area contributed by atoms with Crippen molar-refractivity contribution in [1.29, 1.82) is 0 Å². The normalized spacial score (nSPS) is 11.3. The first-order chi connectivity index (χ1) is 6.48. The van der Waals surface area contributed by atoms with Gasteiger partial charge in [0.2, 0.25) is 11.8 Å². The highest BCUT2D eigenvalue weighted by molar-refractivity contribution is 5.80. The smallest absolute Gasteiger partial charge is 0.223 e. The molecule has 0 aromatic heterocycles. The number of hydrogen-bond donors (Lipinski definition) is 2. The molecule has 0 aliphatic heterocycles. The molecule has 0 aliphatic carbocycles. The van der Waals surface area contributed by atoms with Crippen LogP contribution in [0, 0.1) is 5.41 Å². The lowest BCUT2D eigenvalue weighted by molar-refractivity contribution is -0.129. The Morgan fingerprint density at radius 1 is 1.14 bits per heavy atom. The van der Waals surface area contributed by atoms with Gasteiger partial charge in [-0.25, -0.2) is 0 Å². The van der Waals surface area contributed by atoms with Crippen molar-refractivity contribution in [2.75, 3.05) is 0 Å². The molecule has 0 saturated carbocycles. The summed E-state index contributed by atoms with van der Waals surface area (Å²) in [5, 5.41) is 0. The van der Waals surface area contributed by atoms with Crippen molar-refractivity contribution in [1.82, 2.24) is 0 Å². The Morgan fingerprint density at radius 2 is 1.64 bits per heavy atom. The van der Waals surface area contributed by atoms with E-state index < -0.39 is 5.41 Å². The Morgan fingerprint density at radius 3 is 1.93 bits per heavy atom. The number of amides is 2. The SMILES string of the molecule is CCC(CC)(CCCC(N)=O)C(N)=O. The number of carbonyl (C=O) groups excluding carboxylic acids is 2. The van der Waals surface area contributed by atoms with E-state index in [9.17, 15) is 9.59 Å². The molecule has 4 nitrogen and oxygen atoms in total. The van der Waals surface area contributed by atoms with Gasteiger partial charge in [0.1, 0.15) is 0 Å². The molecule has 0 unspecified atom stereocenters. The van der Waals surface area contributed by atoms with Crippen molar-refractivity contribution >= 4 is 11.8 Å². The van der Waals surface area contributed by atoms with Gasteiger partial charge in [-0.1, -0.05) is 13.8 Å². The molecule has 0 saturated heterocycles. The van der Waals surface area contributed by atoms with Gasteiger partial charge in [-0.2, -0.15) is 0 Å². The van der Waals surface area contributed by atoms with Crippen molar-refractivity contribution in [3.63, 3.8) is 0 Å². The lowest BCUT2D eigenvalue weighted by Crippen LogP contribution is -2.36. The van der Waals surface area contributed by atoms with Crippen LogP contribution in [-0.4, -0.2) is 11.8 Å². The molecular weight excluding hydrogens is 180 g/mol. The predicted octanol–water partition coefficient (Wildman–Crippen LogP) is 0.934. The summed E-state index contributed by atoms with van der Waals surface area (Å²) in [6.45, 7) is 3.89. The maximum Gasteiger partial charge on any atom is 0.223 e. The highest BCUT2D eigenvalue weighted by Gasteiger charge is 2.31. The molecule has 0 aromatic rings. The van der Waals surface area contributed by atoms with Crippen LogP contribution in [0.2, 0.25) is 0 Å². The van der Waals surface area contributed by atoms with Crippen LogP contribution in [0.25, 0.3) is 0 Å². The van der Waals surface area contributed by atoms with Crippen LogP contribution in [0.4, 0.5) is 0 Å². The maximum atomic E-state index is 11.3. The Hall–Kier alpha value is -1.06. The summed E-state index contributed by atoms with van der Waals surface area (Å²) in [6.07, 6.45) is 3.06. The lowest BCUT2D eigenvalue weighted by atomic mass is 9.77. The first kappa shape index (κ1) is 12.9. The molecule has 0 aromatic carbocycles. The van der Waals surface area contributed by atoms with E-state index in [1.807, 2.05) is 13.8 Å². The van der Waals surface area contributed by atoms with Crippen LogP contribution >= 0.6 is 0 Å². The second kappa shape index (κ2) is 5.62. The second-order valence-electron chi connectivity index (χ2n) is 3.67. The minimum atomic E-state index is -0.449. The zero-order valence-electron chi connectivity index (χ0n) is 9.01. The molecule has 0 rings (SSSR count). The third-order valence-corrected chi connectivity index (χ3v) is 2.95. The lowest BCUT2D eigenvalue weighted by Gasteiger charge is -2.27. The maximum absolute atomic E-state index is 11.3. The van der Waals surface area contributed by atoms with E-state index in [1.54, 1.807) is 0 Å². The molecule has 0 aliphatic rings. The molecule has 0 bridgehead atoms. The van der Waals surface area contributed by atoms with Gasteiger partial charge in [-0.3, -0.25) is 9.59 Å². The van der Waals surface area contributed by atoms with Gasteiger partial charge in [0.25, 0.3) is 0 Å². The van der Waals surface area contributed by atoms with E-state index in [4.69, 9.17) is 11.5 Å². The van der Waals surface area contributed by atoms with Crippen LogP contribution < -0.4 is 11.5 Å². The third kappa shape index (κ3) is 3.36. The standard InChI is InChI=1S/C10H20N2O2/c1-3-10(4-2,9(12)14)7-5-6-8(11)13/h3-7H2,1-2H3,(H2,11,13)(H2,12,14). The molecular formula is C10H20N2O2. The first-order valence-electron chi connectivity index (χ1n) is 5.06. The van der Waals surface area contributed by atoms with Crippen molar-refractivity contribution in [3.05, 3.63) is 0 Å². The van der Waals surface area contributed by atoms with E-state index in [1.165, 1.54) is 0 Å². The fourth-order valence-corrected chi connectivity index (χ4v) is 1.68. The van der Waals surface area contributed by atoms with Gasteiger partial charge >= 0.3 is 0 Å². The van der Waals surface area contributed by atoms with E-state index in [-0.39, 0.29) is 11.8 Å². The topological polar surface area (TPSA) is 86.2 Å². The van der Waals surface area contributed by atoms with Crippen LogP contribution in [0.1, 0.15) is 46.0 Å². The first-order valence-corrected chi connectivity index (χ1v) is 5.06. The van der Waals surface area contributed by atoms with Gasteiger partial charge in [-0.15, -0.1) is 0 Å². The minimum absolute atomic E-state index is 0.271. The number of nitrogens with two attached hydrogens (primary N) is 2. The van der Waals surface area contributed by atoms with Gasteiger partial charge in [-0.05, 0) is 25.7 Å². The molecule has 14 heavy (non-hydrogen) atoms. The van der Waals surface area contributed by atoms with Gasteiger partial charge in [0.05, 0.1) is 0 Å². The Bertz CT molecular complexity index is 210. The van der Waals surface area contributed by atoms with Crippen molar-refractivity contribution < 1.29 is 9.59 Å². The van der Waals surface area contributed by atoms with Crippen LogP contribution in [0.5, 0.6) is 0 Å². The van der Waals surface area contributed by atoms with Gasteiger partial charge in [0, 0.05) is 11.8 Å². The second-order valence-corrected chi connectivity index (χ2v) is 3.67. The largest absolute Gasteiger partial charge is 0.370 e. The fraction of sp³-hybridized carbons (Fsp3) is 0.800. The van der Waals surface area contributed by atoms with E-state index in [0.717, 1.165) is 12.8 Å². The van der Waals surface area contributed by atoms with Crippen LogP contribution in [0.15, 0.2) is 0 Å². The molecule has 0 spiro atoms. The van der Waals surface area contributed by atoms with Gasteiger partial charge in [0.15, 0.2) is 0 Å². The highest BCUT2D eigenvalue weighted by Crippen LogP contribution is 2.31. The summed E-state index contributed by atoms with van der Waals surface area (Å²) >= 11 is 0. The number of carbonyl (C=O) groups is 2. The van der Waals surface area contributed by atoms with Crippen molar-refractivity contribution in [3.8, 4) is 0 Å². The summed E-state index contributed by atoms with van der Waals surface area (Å²) in [5.74, 6) is -0.595. The predicted molar refractivity (Wildman–Crippen MR) is 55.3 cm³/mol. The third-order valence-electron chi connectivity index (χ3n) is 2.95. The average Bonchev–Trinajstić information content (AvgIpc) is 2.12. The molecule has 0 fully saturated rings. The highest BCUT2D eigenvalue weighted by atomic mass is 16.1. The average molecular weight is 200 g/mol. The molecule has 4 heteroatoms. The molecule has 82 valence electrons. The zero-order chi connectivity index (χ0) is 11.2. The van der Waals surface area contributed by atoms with Crippen molar-refractivity contribution in [2.24, 2.45) is 16.9 Å². The van der Waals surface area contributed by atoms with E-state index in [0.29, 0.717) is 19.3 Å². The summed E-state index contributed by atoms with van der Waals surface area (Å²) < 4.78 is 0. The fourth-order valence-electron chi connectivity index (χ4n) is 1.68. The number of rotatable bonds is 7. The minimum Gasteiger partial charge on any atom is -0.370 e. The van der Waals surface area contributed by atoms with E-state index >= 15 is 0 Å². The van der Waals surface area contributed by atoms with Crippen LogP contribution in [0.3, 0.4) is 0 Å². The summed E-state index contributed by atoms with van der Waals surface area (Å²) in [5.41, 5.74) is 9.93. The summed E-state index contributed by atoms with van der Waals surface area (Å²) in [4.78, 5) is 21.8. The molecule has 4 N–H and O–H groups in total. The van der Waals surface area contributed by atoms with Crippen LogP contribution in [-0.2, 0) is 9.59 Å². The Labute approximate surface area is 85.0 Å². The van der Waals surface area contributed by atoms with E-state index in [2.05, 4.69) is 0 Å². The molecule has 0 radical (unpaired) electrons. The van der Waals surface area contributed by atoms with Gasteiger partial charge < -0.3 is 11.5 Å². The molecule has 2 amide bonds.